The fraction of sp³-hybridized carbons (Fsp3) is 1.00. The van der Waals surface area contributed by atoms with E-state index < -0.39 is 10.0 Å². The summed E-state index contributed by atoms with van der Waals surface area (Å²) in [5, 5.41) is 0.0201. The van der Waals surface area contributed by atoms with Crippen LogP contribution in [0, 0.1) is 10.8 Å². The van der Waals surface area contributed by atoms with E-state index >= 15 is 0 Å². The molecule has 1 atom stereocenters. The van der Waals surface area contributed by atoms with Crippen LogP contribution in [-0.2, 0) is 10.0 Å². The summed E-state index contributed by atoms with van der Waals surface area (Å²) in [6.45, 7) is 12.4. The molecule has 0 heterocycles. The molecule has 0 aliphatic heterocycles. The number of hydrogen-bond donors (Lipinski definition) is 0. The first kappa shape index (κ1) is 12.4. The van der Waals surface area contributed by atoms with Crippen molar-refractivity contribution < 1.29 is 4.21 Å². The molecule has 74 valence electrons. The Morgan fingerprint density at radius 2 is 1.25 bits per heavy atom. The lowest BCUT2D eigenvalue weighted by atomic mass is 9.77. The largest absolute Gasteiger partial charge is 0.242 e. The Kier molecular flexibility index (Phi) is 3.80. The molecule has 0 aliphatic rings. The lowest BCUT2D eigenvalue weighted by Crippen LogP contribution is -2.40. The van der Waals surface area contributed by atoms with Gasteiger partial charge >= 0.3 is 0 Å². The van der Waals surface area contributed by atoms with Crippen molar-refractivity contribution in [3.63, 3.8) is 0 Å². The third-order valence-corrected chi connectivity index (χ3v) is 4.08. The van der Waals surface area contributed by atoms with Crippen LogP contribution in [0.3, 0.4) is 0 Å². The van der Waals surface area contributed by atoms with E-state index in [1.807, 2.05) is 0 Å². The molecule has 0 aliphatic carbocycles. The summed E-state index contributed by atoms with van der Waals surface area (Å²) >= 11 is 0. The predicted octanol–water partition coefficient (Wildman–Crippen LogP) is 3.35. The lowest BCUT2D eigenvalue weighted by Gasteiger charge is -2.37. The third-order valence-electron chi connectivity index (χ3n) is 1.76. The van der Waals surface area contributed by atoms with Crippen LogP contribution in [0.15, 0.2) is 0 Å². The summed E-state index contributed by atoms with van der Waals surface area (Å²) in [6, 6.07) is 0. The highest BCUT2D eigenvalue weighted by atomic mass is 35.7. The first-order valence-corrected chi connectivity index (χ1v) is 6.17. The summed E-state index contributed by atoms with van der Waals surface area (Å²) in [6.07, 6.45) is 0. The molecule has 0 spiro atoms. The molecule has 0 aromatic carbocycles. The van der Waals surface area contributed by atoms with E-state index in [9.17, 15) is 4.21 Å². The summed E-state index contributed by atoms with van der Waals surface area (Å²) < 4.78 is 11.3. The SMILES string of the molecule is CC(C)(C)C(S(=O)Cl)C(C)(C)C. The van der Waals surface area contributed by atoms with E-state index in [1.165, 1.54) is 0 Å². The Hall–Kier alpha value is 0.440. The highest BCUT2D eigenvalue weighted by molar-refractivity contribution is 8.08. The quantitative estimate of drug-likeness (QED) is 0.607. The van der Waals surface area contributed by atoms with Gasteiger partial charge in [0.2, 0.25) is 0 Å². The van der Waals surface area contributed by atoms with Crippen molar-refractivity contribution in [2.75, 3.05) is 0 Å². The van der Waals surface area contributed by atoms with E-state index in [0.717, 1.165) is 0 Å². The molecule has 12 heavy (non-hydrogen) atoms. The second-order valence-electron chi connectivity index (χ2n) is 5.36. The van der Waals surface area contributed by atoms with Gasteiger partial charge in [0.1, 0.15) is 10.0 Å². The van der Waals surface area contributed by atoms with Gasteiger partial charge in [0.15, 0.2) is 0 Å². The summed E-state index contributed by atoms with van der Waals surface area (Å²) in [5.41, 5.74) is -0.0181. The fourth-order valence-corrected chi connectivity index (χ4v) is 4.57. The molecule has 1 unspecified atom stereocenters. The first-order valence-electron chi connectivity index (χ1n) is 4.13. The van der Waals surface area contributed by atoms with Gasteiger partial charge < -0.3 is 0 Å². The van der Waals surface area contributed by atoms with Gasteiger partial charge in [0.05, 0.1) is 5.25 Å². The highest BCUT2D eigenvalue weighted by Gasteiger charge is 2.38. The maximum absolute atomic E-state index is 11.3. The average Bonchev–Trinajstić information content (AvgIpc) is 1.49. The third kappa shape index (κ3) is 3.44. The highest BCUT2D eigenvalue weighted by Crippen LogP contribution is 2.38. The van der Waals surface area contributed by atoms with Gasteiger partial charge in [0.25, 0.3) is 0 Å². The van der Waals surface area contributed by atoms with Crippen LogP contribution in [0.1, 0.15) is 41.5 Å². The number of hydrogen-bond acceptors (Lipinski definition) is 1. The van der Waals surface area contributed by atoms with Gasteiger partial charge in [-0.05, 0) is 21.5 Å². The lowest BCUT2D eigenvalue weighted by molar-refractivity contribution is 0.245. The van der Waals surface area contributed by atoms with Crippen LogP contribution < -0.4 is 0 Å². The summed E-state index contributed by atoms with van der Waals surface area (Å²) in [5.74, 6) is 0. The van der Waals surface area contributed by atoms with Crippen LogP contribution in [0.5, 0.6) is 0 Å². The van der Waals surface area contributed by atoms with Gasteiger partial charge in [-0.15, -0.1) is 0 Å². The zero-order valence-corrected chi connectivity index (χ0v) is 10.3. The zero-order valence-electron chi connectivity index (χ0n) is 8.77. The fourth-order valence-electron chi connectivity index (χ4n) is 1.85. The molecule has 0 fully saturated rings. The Labute approximate surface area is 82.8 Å². The molecule has 0 radical (unpaired) electrons. The van der Waals surface area contributed by atoms with Crippen LogP contribution in [0.4, 0.5) is 0 Å². The van der Waals surface area contributed by atoms with Crippen LogP contribution in [0.25, 0.3) is 0 Å². The first-order chi connectivity index (χ1) is 5.07. The average molecular weight is 211 g/mol. The topological polar surface area (TPSA) is 17.1 Å². The molecule has 0 aromatic rings. The Balaban J connectivity index is 4.82. The molecule has 3 heteroatoms. The molecule has 0 N–H and O–H groups in total. The van der Waals surface area contributed by atoms with Gasteiger partial charge in [-0.2, -0.15) is 0 Å². The van der Waals surface area contributed by atoms with Crippen molar-refractivity contribution >= 4 is 20.7 Å². The minimum Gasteiger partial charge on any atom is -0.242 e. The Morgan fingerprint density at radius 3 is 1.25 bits per heavy atom. The van der Waals surface area contributed by atoms with E-state index in [1.54, 1.807) is 0 Å². The molecule has 0 amide bonds. The second-order valence-corrected chi connectivity index (χ2v) is 7.24. The predicted molar refractivity (Wildman–Crippen MR) is 56.7 cm³/mol. The summed E-state index contributed by atoms with van der Waals surface area (Å²) in [4.78, 5) is 0. The minimum atomic E-state index is -1.27. The smallest absolute Gasteiger partial charge is 0.119 e. The molecule has 1 nitrogen and oxygen atoms in total. The number of halogens is 1. The van der Waals surface area contributed by atoms with Crippen LogP contribution in [-0.4, -0.2) is 9.46 Å². The Morgan fingerprint density at radius 1 is 1.00 bits per heavy atom. The van der Waals surface area contributed by atoms with Crippen molar-refractivity contribution in [3.8, 4) is 0 Å². The van der Waals surface area contributed by atoms with E-state index in [2.05, 4.69) is 41.5 Å². The van der Waals surface area contributed by atoms with Crippen molar-refractivity contribution in [1.29, 1.82) is 0 Å². The molecule has 0 bridgehead atoms. The van der Waals surface area contributed by atoms with Crippen molar-refractivity contribution in [1.82, 2.24) is 0 Å². The van der Waals surface area contributed by atoms with Gasteiger partial charge in [-0.25, -0.2) is 4.21 Å². The molecule has 0 aromatic heterocycles. The Bertz CT molecular complexity index is 162. The van der Waals surface area contributed by atoms with Crippen molar-refractivity contribution in [2.45, 2.75) is 46.8 Å². The van der Waals surface area contributed by atoms with Gasteiger partial charge in [-0.1, -0.05) is 41.5 Å². The maximum atomic E-state index is 11.3. The molecular formula is C9H19ClOS. The number of rotatable bonds is 1. The molecule has 0 saturated carbocycles. The monoisotopic (exact) mass is 210 g/mol. The maximum Gasteiger partial charge on any atom is 0.119 e. The van der Waals surface area contributed by atoms with Crippen molar-refractivity contribution in [3.05, 3.63) is 0 Å². The van der Waals surface area contributed by atoms with E-state index in [-0.39, 0.29) is 16.1 Å². The van der Waals surface area contributed by atoms with E-state index in [0.29, 0.717) is 0 Å². The van der Waals surface area contributed by atoms with Gasteiger partial charge in [0, 0.05) is 0 Å². The normalized spacial score (nSPS) is 16.7. The molecule has 0 saturated heterocycles. The van der Waals surface area contributed by atoms with Crippen LogP contribution in [0.2, 0.25) is 0 Å². The standard InChI is InChI=1S/C9H19ClOS/c1-8(2,3)7(12(10)11)9(4,5)6/h7H,1-6H3. The molecule has 0 rings (SSSR count). The van der Waals surface area contributed by atoms with E-state index in [4.69, 9.17) is 10.7 Å². The van der Waals surface area contributed by atoms with Crippen molar-refractivity contribution in [2.24, 2.45) is 10.8 Å². The molecular weight excluding hydrogens is 192 g/mol. The van der Waals surface area contributed by atoms with Gasteiger partial charge in [-0.3, -0.25) is 0 Å². The second kappa shape index (κ2) is 3.67. The zero-order chi connectivity index (χ0) is 10.2. The van der Waals surface area contributed by atoms with Crippen LogP contribution >= 0.6 is 10.7 Å². The minimum absolute atomic E-state index is 0.00907. The summed E-state index contributed by atoms with van der Waals surface area (Å²) in [7, 11) is 4.42.